The summed E-state index contributed by atoms with van der Waals surface area (Å²) < 4.78 is 5.09. The van der Waals surface area contributed by atoms with Gasteiger partial charge in [0.25, 0.3) is 0 Å². The number of carboxylic acid groups (broad SMARTS) is 1. The molecule has 0 bridgehead atoms. The Hall–Kier alpha value is -1.14. The van der Waals surface area contributed by atoms with Crippen LogP contribution in [-0.4, -0.2) is 46.9 Å². The first kappa shape index (κ1) is 11.9. The highest BCUT2D eigenvalue weighted by Crippen LogP contribution is 2.12. The lowest BCUT2D eigenvalue weighted by Gasteiger charge is -2.19. The molecule has 0 radical (unpaired) electrons. The second-order valence-electron chi connectivity index (χ2n) is 3.57. The first-order valence-electron chi connectivity index (χ1n) is 4.85. The summed E-state index contributed by atoms with van der Waals surface area (Å²) >= 11 is 0. The van der Waals surface area contributed by atoms with Crippen molar-refractivity contribution in [2.45, 2.75) is 38.0 Å². The number of aliphatic hydroxyl groups excluding tert-OH is 1. The summed E-state index contributed by atoms with van der Waals surface area (Å²) in [7, 11) is 0. The van der Waals surface area contributed by atoms with E-state index in [0.717, 1.165) is 6.42 Å². The van der Waals surface area contributed by atoms with E-state index >= 15 is 0 Å². The van der Waals surface area contributed by atoms with E-state index in [9.17, 15) is 9.59 Å². The van der Waals surface area contributed by atoms with Crippen molar-refractivity contribution in [3.8, 4) is 0 Å². The highest BCUT2D eigenvalue weighted by atomic mass is 16.5. The van der Waals surface area contributed by atoms with E-state index in [4.69, 9.17) is 14.9 Å². The van der Waals surface area contributed by atoms with Gasteiger partial charge in [-0.15, -0.1) is 0 Å². The summed E-state index contributed by atoms with van der Waals surface area (Å²) in [4.78, 5) is 22.1. The molecule has 0 saturated carbocycles. The number of hydrogen-bond donors (Lipinski definition) is 3. The van der Waals surface area contributed by atoms with Gasteiger partial charge in [-0.3, -0.25) is 4.79 Å². The summed E-state index contributed by atoms with van der Waals surface area (Å²) in [5.74, 6) is -1.72. The molecule has 0 unspecified atom stereocenters. The van der Waals surface area contributed by atoms with Crippen LogP contribution in [0.15, 0.2) is 0 Å². The van der Waals surface area contributed by atoms with Crippen LogP contribution in [0.2, 0.25) is 0 Å². The average molecular weight is 217 g/mol. The molecule has 0 aromatic carbocycles. The zero-order chi connectivity index (χ0) is 11.4. The smallest absolute Gasteiger partial charge is 0.328 e. The van der Waals surface area contributed by atoms with Crippen molar-refractivity contribution in [3.63, 3.8) is 0 Å². The molecule has 1 saturated heterocycles. The quantitative estimate of drug-likeness (QED) is 0.568. The minimum atomic E-state index is -1.28. The van der Waals surface area contributed by atoms with Crippen molar-refractivity contribution in [2.75, 3.05) is 6.61 Å². The summed E-state index contributed by atoms with van der Waals surface area (Å²) in [6.45, 7) is 1.83. The van der Waals surface area contributed by atoms with Crippen LogP contribution in [0.1, 0.15) is 19.8 Å². The molecule has 1 amide bonds. The fourth-order valence-corrected chi connectivity index (χ4v) is 1.42. The third-order valence-corrected chi connectivity index (χ3v) is 2.27. The summed E-state index contributed by atoms with van der Waals surface area (Å²) in [6.07, 6.45) is -0.318. The van der Waals surface area contributed by atoms with Gasteiger partial charge in [-0.25, -0.2) is 4.79 Å². The molecule has 0 spiro atoms. The van der Waals surface area contributed by atoms with Crippen LogP contribution in [-0.2, 0) is 14.3 Å². The highest BCUT2D eigenvalue weighted by molar-refractivity contribution is 5.86. The van der Waals surface area contributed by atoms with Gasteiger partial charge in [0.2, 0.25) is 5.91 Å². The minimum Gasteiger partial charge on any atom is -0.480 e. The Morgan fingerprint density at radius 3 is 2.60 bits per heavy atom. The highest BCUT2D eigenvalue weighted by Gasteiger charge is 2.30. The first-order chi connectivity index (χ1) is 7.02. The van der Waals surface area contributed by atoms with Gasteiger partial charge < -0.3 is 20.3 Å². The van der Waals surface area contributed by atoms with Crippen molar-refractivity contribution in [1.29, 1.82) is 0 Å². The number of aliphatic hydroxyl groups is 1. The second-order valence-corrected chi connectivity index (χ2v) is 3.57. The molecule has 1 rings (SSSR count). The van der Waals surface area contributed by atoms with Crippen molar-refractivity contribution in [2.24, 2.45) is 0 Å². The Bertz CT molecular complexity index is 247. The second kappa shape index (κ2) is 5.09. The van der Waals surface area contributed by atoms with Crippen LogP contribution in [0.5, 0.6) is 0 Å². The van der Waals surface area contributed by atoms with Crippen molar-refractivity contribution in [3.05, 3.63) is 0 Å². The van der Waals surface area contributed by atoms with Gasteiger partial charge in [0.1, 0.15) is 6.10 Å². The molecule has 1 aliphatic rings. The van der Waals surface area contributed by atoms with Gasteiger partial charge in [-0.1, -0.05) is 0 Å². The zero-order valence-corrected chi connectivity index (χ0v) is 8.47. The van der Waals surface area contributed by atoms with E-state index in [1.807, 2.05) is 0 Å². The lowest BCUT2D eigenvalue weighted by atomic mass is 10.1. The maximum Gasteiger partial charge on any atom is 0.328 e. The molecule has 3 atom stereocenters. The maximum absolute atomic E-state index is 11.5. The van der Waals surface area contributed by atoms with Gasteiger partial charge in [-0.2, -0.15) is 0 Å². The van der Waals surface area contributed by atoms with Crippen LogP contribution in [0.4, 0.5) is 0 Å². The lowest BCUT2D eigenvalue weighted by Crippen LogP contribution is -2.50. The Kier molecular flexibility index (Phi) is 4.05. The average Bonchev–Trinajstić information content (AvgIpc) is 2.65. The van der Waals surface area contributed by atoms with Gasteiger partial charge in [0.05, 0.1) is 6.10 Å². The molecule has 3 N–H and O–H groups in total. The van der Waals surface area contributed by atoms with Crippen LogP contribution in [0.25, 0.3) is 0 Å². The standard InChI is InChI=1S/C9H15NO5/c1-5(11)7(9(13)14)10-8(12)6-3-2-4-15-6/h5-7,11H,2-4H2,1H3,(H,10,12)(H,13,14)/t5-,6-,7+/m1/s1. The summed E-state index contributed by atoms with van der Waals surface area (Å²) in [5.41, 5.74) is 0. The molecule has 6 nitrogen and oxygen atoms in total. The Labute approximate surface area is 87.2 Å². The summed E-state index contributed by atoms with van der Waals surface area (Å²) in [6, 6.07) is -1.28. The SMILES string of the molecule is C[C@@H](O)[C@H](NC(=O)[C@H]1CCCO1)C(=O)O. The van der Waals surface area contributed by atoms with Crippen molar-refractivity contribution in [1.82, 2.24) is 5.32 Å². The van der Waals surface area contributed by atoms with E-state index in [-0.39, 0.29) is 0 Å². The number of hydrogen-bond acceptors (Lipinski definition) is 4. The molecule has 0 aromatic rings. The predicted molar refractivity (Wildman–Crippen MR) is 50.2 cm³/mol. The normalized spacial score (nSPS) is 24.5. The van der Waals surface area contributed by atoms with Crippen LogP contribution < -0.4 is 5.32 Å². The van der Waals surface area contributed by atoms with E-state index in [0.29, 0.717) is 13.0 Å². The predicted octanol–water partition coefficient (Wildman–Crippen LogP) is -0.884. The van der Waals surface area contributed by atoms with E-state index in [1.54, 1.807) is 0 Å². The molecule has 0 aromatic heterocycles. The van der Waals surface area contributed by atoms with E-state index in [2.05, 4.69) is 5.32 Å². The third-order valence-electron chi connectivity index (χ3n) is 2.27. The van der Waals surface area contributed by atoms with E-state index in [1.165, 1.54) is 6.92 Å². The number of carbonyl (C=O) groups excluding carboxylic acids is 1. The lowest BCUT2D eigenvalue weighted by molar-refractivity contribution is -0.146. The van der Waals surface area contributed by atoms with Crippen molar-refractivity contribution < 1.29 is 24.5 Å². The fraction of sp³-hybridized carbons (Fsp3) is 0.778. The van der Waals surface area contributed by atoms with Crippen molar-refractivity contribution >= 4 is 11.9 Å². The first-order valence-corrected chi connectivity index (χ1v) is 4.85. The Morgan fingerprint density at radius 2 is 2.20 bits per heavy atom. The molecule has 1 fully saturated rings. The third kappa shape index (κ3) is 3.17. The number of carboxylic acids is 1. The van der Waals surface area contributed by atoms with Crippen LogP contribution in [0, 0.1) is 0 Å². The molecule has 0 aliphatic carbocycles. The number of nitrogens with one attached hydrogen (secondary N) is 1. The van der Waals surface area contributed by atoms with Gasteiger partial charge in [0, 0.05) is 6.61 Å². The number of aliphatic carboxylic acids is 1. The molecule has 1 aliphatic heterocycles. The van der Waals surface area contributed by atoms with Gasteiger partial charge in [-0.05, 0) is 19.8 Å². The molecule has 1 heterocycles. The maximum atomic E-state index is 11.5. The summed E-state index contributed by atoms with van der Waals surface area (Å²) in [5, 5.41) is 20.1. The topological polar surface area (TPSA) is 95.9 Å². The van der Waals surface area contributed by atoms with Gasteiger partial charge in [0.15, 0.2) is 6.04 Å². The molecular weight excluding hydrogens is 202 g/mol. The molecule has 86 valence electrons. The zero-order valence-electron chi connectivity index (χ0n) is 8.47. The molecule has 15 heavy (non-hydrogen) atoms. The number of carbonyl (C=O) groups is 2. The number of rotatable bonds is 4. The largest absolute Gasteiger partial charge is 0.480 e. The van der Waals surface area contributed by atoms with Crippen LogP contribution in [0.3, 0.4) is 0 Å². The molecular formula is C9H15NO5. The molecule has 6 heteroatoms. The number of ether oxygens (including phenoxy) is 1. The van der Waals surface area contributed by atoms with Crippen LogP contribution >= 0.6 is 0 Å². The fourth-order valence-electron chi connectivity index (χ4n) is 1.42. The van der Waals surface area contributed by atoms with E-state index < -0.39 is 30.1 Å². The van der Waals surface area contributed by atoms with Gasteiger partial charge >= 0.3 is 5.97 Å². The monoisotopic (exact) mass is 217 g/mol. The Morgan fingerprint density at radius 1 is 1.53 bits per heavy atom. The number of amides is 1. The Balaban J connectivity index is 2.50. The minimum absolute atomic E-state index is 0.471.